The van der Waals surface area contributed by atoms with Gasteiger partial charge < -0.3 is 19.9 Å². The number of benzene rings is 1. The summed E-state index contributed by atoms with van der Waals surface area (Å²) in [6.45, 7) is 6.77. The molecule has 2 amide bonds. The van der Waals surface area contributed by atoms with Gasteiger partial charge in [-0.15, -0.1) is 10.2 Å². The fourth-order valence-electron chi connectivity index (χ4n) is 3.67. The monoisotopic (exact) mass is 448 g/mol. The average molecular weight is 449 g/mol. The Morgan fingerprint density at radius 1 is 1.26 bits per heavy atom. The van der Waals surface area contributed by atoms with E-state index in [1.54, 1.807) is 23.5 Å². The van der Waals surface area contributed by atoms with Crippen molar-refractivity contribution >= 4 is 39.8 Å². The molecule has 4 rings (SSSR count). The molecule has 1 aromatic heterocycles. The second kappa shape index (κ2) is 9.04. The summed E-state index contributed by atoms with van der Waals surface area (Å²) < 4.78 is 20.2. The molecule has 3 heterocycles. The molecule has 0 spiro atoms. The number of ether oxygens (including phenoxy) is 1. The Morgan fingerprint density at radius 3 is 2.65 bits per heavy atom. The lowest BCUT2D eigenvalue weighted by atomic mass is 10.2. The number of rotatable bonds is 6. The Balaban J connectivity index is 1.38. The maximum atomic E-state index is 14.9. The number of aromatic nitrogens is 2. The zero-order valence-electron chi connectivity index (χ0n) is 17.5. The van der Waals surface area contributed by atoms with Crippen molar-refractivity contribution in [2.45, 2.75) is 26.4 Å². The van der Waals surface area contributed by atoms with Crippen molar-refractivity contribution in [3.05, 3.63) is 29.0 Å². The van der Waals surface area contributed by atoms with Gasteiger partial charge >= 0.3 is 6.09 Å². The molecule has 1 atom stereocenters. The summed E-state index contributed by atoms with van der Waals surface area (Å²) in [5.74, 6) is -0.574. The topological polar surface area (TPSA) is 90.9 Å². The largest absolute Gasteiger partial charge is 0.442 e. The lowest BCUT2D eigenvalue weighted by Crippen LogP contribution is -2.46. The zero-order valence-corrected chi connectivity index (χ0v) is 18.3. The van der Waals surface area contributed by atoms with Crippen LogP contribution in [0, 0.1) is 5.82 Å². The highest BCUT2D eigenvalue weighted by Gasteiger charge is 2.33. The lowest BCUT2D eigenvalue weighted by Gasteiger charge is -2.36. The number of piperazine rings is 1. The first-order chi connectivity index (χ1) is 14.9. The highest BCUT2D eigenvalue weighted by Crippen LogP contribution is 2.29. The van der Waals surface area contributed by atoms with Gasteiger partial charge in [0.25, 0.3) is 0 Å². The molecule has 0 saturated carbocycles. The van der Waals surface area contributed by atoms with Crippen LogP contribution in [0.2, 0.25) is 0 Å². The second-order valence-corrected chi connectivity index (χ2v) is 8.54. The number of carbonyl (C=O) groups excluding carboxylic acids is 2. The first kappa shape index (κ1) is 21.3. The SMILES string of the molecule is CCc1nnc(N2CCN(c3ccc(N4C[C@H](CNC(C)=O)OC4=O)cc3F)CC2)s1. The summed E-state index contributed by atoms with van der Waals surface area (Å²) in [6, 6.07) is 4.79. The fraction of sp³-hybridized carbons (Fsp3) is 0.500. The van der Waals surface area contributed by atoms with Gasteiger partial charge in [0.05, 0.1) is 24.5 Å². The number of amides is 2. The van der Waals surface area contributed by atoms with Crippen molar-refractivity contribution in [3.8, 4) is 0 Å². The molecule has 9 nitrogen and oxygen atoms in total. The van der Waals surface area contributed by atoms with E-state index in [1.165, 1.54) is 17.9 Å². The third-order valence-corrected chi connectivity index (χ3v) is 6.47. The van der Waals surface area contributed by atoms with Crippen LogP contribution in [0.25, 0.3) is 0 Å². The molecule has 2 aliphatic heterocycles. The highest BCUT2D eigenvalue weighted by atomic mass is 32.1. The summed E-state index contributed by atoms with van der Waals surface area (Å²) in [4.78, 5) is 28.8. The first-order valence-electron chi connectivity index (χ1n) is 10.3. The van der Waals surface area contributed by atoms with Crippen molar-refractivity contribution in [2.75, 3.05) is 54.0 Å². The molecule has 1 aromatic carbocycles. The van der Waals surface area contributed by atoms with Crippen LogP contribution in [-0.4, -0.2) is 67.6 Å². The molecule has 0 unspecified atom stereocenters. The summed E-state index contributed by atoms with van der Waals surface area (Å²) >= 11 is 1.60. The van der Waals surface area contributed by atoms with Gasteiger partial charge in [-0.2, -0.15) is 0 Å². The maximum Gasteiger partial charge on any atom is 0.414 e. The zero-order chi connectivity index (χ0) is 22.0. The number of hydrogen-bond acceptors (Lipinski definition) is 8. The van der Waals surface area contributed by atoms with Crippen molar-refractivity contribution in [1.82, 2.24) is 15.5 Å². The molecular formula is C20H25FN6O3S. The standard InChI is InChI=1S/C20H25FN6O3S/c1-3-18-23-24-19(31-18)26-8-6-25(7-9-26)17-5-4-14(10-16(17)21)27-12-15(30-20(27)29)11-22-13(2)28/h4-5,10,15H,3,6-9,11-12H2,1-2H3,(H,22,28)/t15-/m0/s1. The van der Waals surface area contributed by atoms with E-state index >= 15 is 0 Å². The number of hydrogen-bond donors (Lipinski definition) is 1. The lowest BCUT2D eigenvalue weighted by molar-refractivity contribution is -0.119. The Labute approximate surface area is 183 Å². The molecule has 2 aromatic rings. The third-order valence-electron chi connectivity index (χ3n) is 5.35. The second-order valence-electron chi connectivity index (χ2n) is 7.50. The van der Waals surface area contributed by atoms with Gasteiger partial charge in [0, 0.05) is 33.1 Å². The first-order valence-corrected chi connectivity index (χ1v) is 11.1. The summed E-state index contributed by atoms with van der Waals surface area (Å²) in [6.07, 6.45) is -0.131. The summed E-state index contributed by atoms with van der Waals surface area (Å²) in [5, 5.41) is 13.0. The Morgan fingerprint density at radius 2 is 2.00 bits per heavy atom. The fourth-order valence-corrected chi connectivity index (χ4v) is 4.50. The quantitative estimate of drug-likeness (QED) is 0.723. The molecule has 2 aliphatic rings. The predicted octanol–water partition coefficient (Wildman–Crippen LogP) is 2.03. The number of anilines is 3. The smallest absolute Gasteiger partial charge is 0.414 e. The molecule has 0 radical (unpaired) electrons. The molecule has 1 N–H and O–H groups in total. The maximum absolute atomic E-state index is 14.9. The third kappa shape index (κ3) is 4.71. The Kier molecular flexibility index (Phi) is 6.21. The normalized spacial score (nSPS) is 19.0. The number of nitrogens with one attached hydrogen (secondary N) is 1. The Bertz CT molecular complexity index is 962. The van der Waals surface area contributed by atoms with Gasteiger partial charge in [0.1, 0.15) is 16.9 Å². The molecule has 2 saturated heterocycles. The molecule has 11 heteroatoms. The van der Waals surface area contributed by atoms with E-state index in [2.05, 4.69) is 27.3 Å². The van der Waals surface area contributed by atoms with E-state index in [0.29, 0.717) is 24.5 Å². The van der Waals surface area contributed by atoms with Gasteiger partial charge in [-0.05, 0) is 24.6 Å². The van der Waals surface area contributed by atoms with Crippen molar-refractivity contribution < 1.29 is 18.7 Å². The number of cyclic esters (lactones) is 1. The van der Waals surface area contributed by atoms with Crippen molar-refractivity contribution in [3.63, 3.8) is 0 Å². The van der Waals surface area contributed by atoms with Gasteiger partial charge in [-0.25, -0.2) is 9.18 Å². The van der Waals surface area contributed by atoms with Crippen LogP contribution < -0.4 is 20.0 Å². The molecule has 31 heavy (non-hydrogen) atoms. The van der Waals surface area contributed by atoms with E-state index in [-0.39, 0.29) is 24.8 Å². The predicted molar refractivity (Wildman–Crippen MR) is 116 cm³/mol. The summed E-state index contributed by atoms with van der Waals surface area (Å²) in [5.41, 5.74) is 0.952. The van der Waals surface area contributed by atoms with Crippen LogP contribution in [0.1, 0.15) is 18.9 Å². The van der Waals surface area contributed by atoms with E-state index in [0.717, 1.165) is 29.6 Å². The minimum Gasteiger partial charge on any atom is -0.442 e. The number of nitrogens with zero attached hydrogens (tertiary/aromatic N) is 5. The molecule has 0 bridgehead atoms. The minimum atomic E-state index is -0.542. The van der Waals surface area contributed by atoms with Crippen molar-refractivity contribution in [2.24, 2.45) is 0 Å². The van der Waals surface area contributed by atoms with E-state index in [4.69, 9.17) is 4.74 Å². The molecular weight excluding hydrogens is 423 g/mol. The van der Waals surface area contributed by atoms with E-state index < -0.39 is 12.2 Å². The van der Waals surface area contributed by atoms with Crippen LogP contribution in [0.3, 0.4) is 0 Å². The van der Waals surface area contributed by atoms with Gasteiger partial charge in [-0.1, -0.05) is 18.3 Å². The van der Waals surface area contributed by atoms with Crippen LogP contribution in [-0.2, 0) is 16.0 Å². The van der Waals surface area contributed by atoms with Crippen LogP contribution in [0.15, 0.2) is 18.2 Å². The van der Waals surface area contributed by atoms with E-state index in [1.807, 2.05) is 4.90 Å². The van der Waals surface area contributed by atoms with Crippen LogP contribution in [0.5, 0.6) is 0 Å². The number of halogens is 1. The molecule has 166 valence electrons. The number of carbonyl (C=O) groups is 2. The Hall–Kier alpha value is -2.95. The number of aryl methyl sites for hydroxylation is 1. The van der Waals surface area contributed by atoms with Crippen LogP contribution >= 0.6 is 11.3 Å². The van der Waals surface area contributed by atoms with Crippen molar-refractivity contribution in [1.29, 1.82) is 0 Å². The van der Waals surface area contributed by atoms with Gasteiger partial charge in [-0.3, -0.25) is 9.69 Å². The molecule has 0 aliphatic carbocycles. The molecule has 2 fully saturated rings. The van der Waals surface area contributed by atoms with Crippen LogP contribution in [0.4, 0.5) is 25.7 Å². The summed E-state index contributed by atoms with van der Waals surface area (Å²) in [7, 11) is 0. The minimum absolute atomic E-state index is 0.193. The highest BCUT2D eigenvalue weighted by molar-refractivity contribution is 7.15. The van der Waals surface area contributed by atoms with Gasteiger partial charge in [0.15, 0.2) is 0 Å². The van der Waals surface area contributed by atoms with Gasteiger partial charge in [0.2, 0.25) is 11.0 Å². The van der Waals surface area contributed by atoms with E-state index in [9.17, 15) is 14.0 Å². The average Bonchev–Trinajstić information content (AvgIpc) is 3.39.